The second kappa shape index (κ2) is 8.44. The maximum Gasteiger partial charge on any atom is 0.227 e. The van der Waals surface area contributed by atoms with Crippen molar-refractivity contribution in [2.45, 2.75) is 39.3 Å². The molecule has 0 saturated carbocycles. The SMILES string of the molecule is Cc1ccccc1CNC(=O)CCC(=O)N1CC(C)Oc2ccc(Cl)cc21. The van der Waals surface area contributed by atoms with Crippen LogP contribution in [0.5, 0.6) is 5.75 Å². The molecule has 0 saturated heterocycles. The van der Waals surface area contributed by atoms with Gasteiger partial charge in [0.25, 0.3) is 0 Å². The maximum atomic E-state index is 12.7. The molecule has 0 aromatic heterocycles. The van der Waals surface area contributed by atoms with E-state index >= 15 is 0 Å². The molecule has 27 heavy (non-hydrogen) atoms. The van der Waals surface area contributed by atoms with E-state index in [0.717, 1.165) is 11.1 Å². The topological polar surface area (TPSA) is 58.6 Å². The van der Waals surface area contributed by atoms with Gasteiger partial charge in [-0.25, -0.2) is 0 Å². The maximum absolute atomic E-state index is 12.7. The lowest BCUT2D eigenvalue weighted by Crippen LogP contribution is -2.42. The number of nitrogens with one attached hydrogen (secondary N) is 1. The van der Waals surface area contributed by atoms with Crippen molar-refractivity contribution in [1.29, 1.82) is 0 Å². The minimum atomic E-state index is -0.140. The Morgan fingerprint density at radius 1 is 1.22 bits per heavy atom. The summed E-state index contributed by atoms with van der Waals surface area (Å²) in [5.41, 5.74) is 2.86. The standard InChI is InChI=1S/C21H23ClN2O3/c1-14-5-3-4-6-16(14)12-23-20(25)9-10-21(26)24-13-15(2)27-19-8-7-17(22)11-18(19)24/h3-8,11,15H,9-10,12-13H2,1-2H3,(H,23,25). The van der Waals surface area contributed by atoms with Crippen molar-refractivity contribution < 1.29 is 14.3 Å². The molecule has 2 aromatic rings. The highest BCUT2D eigenvalue weighted by Gasteiger charge is 2.27. The van der Waals surface area contributed by atoms with E-state index in [1.807, 2.05) is 38.1 Å². The van der Waals surface area contributed by atoms with Gasteiger partial charge in [-0.15, -0.1) is 0 Å². The van der Waals surface area contributed by atoms with Crippen LogP contribution < -0.4 is 15.0 Å². The van der Waals surface area contributed by atoms with E-state index in [4.69, 9.17) is 16.3 Å². The highest BCUT2D eigenvalue weighted by Crippen LogP contribution is 2.36. The number of halogens is 1. The smallest absolute Gasteiger partial charge is 0.227 e. The molecule has 1 heterocycles. The van der Waals surface area contributed by atoms with Gasteiger partial charge in [0.15, 0.2) is 0 Å². The Balaban J connectivity index is 1.57. The first-order valence-electron chi connectivity index (χ1n) is 9.02. The highest BCUT2D eigenvalue weighted by atomic mass is 35.5. The number of hydrogen-bond acceptors (Lipinski definition) is 3. The van der Waals surface area contributed by atoms with E-state index in [2.05, 4.69) is 5.32 Å². The first-order valence-corrected chi connectivity index (χ1v) is 9.39. The average Bonchev–Trinajstić information content (AvgIpc) is 2.65. The zero-order valence-corrected chi connectivity index (χ0v) is 16.3. The van der Waals surface area contributed by atoms with Gasteiger partial charge >= 0.3 is 0 Å². The number of carbonyl (C=O) groups is 2. The quantitative estimate of drug-likeness (QED) is 0.848. The van der Waals surface area contributed by atoms with Gasteiger partial charge in [0.1, 0.15) is 11.9 Å². The van der Waals surface area contributed by atoms with Gasteiger partial charge in [-0.05, 0) is 43.2 Å². The fourth-order valence-electron chi connectivity index (χ4n) is 3.09. The summed E-state index contributed by atoms with van der Waals surface area (Å²) in [7, 11) is 0. The number of ether oxygens (including phenoxy) is 1. The lowest BCUT2D eigenvalue weighted by atomic mass is 10.1. The first-order chi connectivity index (χ1) is 12.9. The molecule has 1 atom stereocenters. The fourth-order valence-corrected chi connectivity index (χ4v) is 3.26. The van der Waals surface area contributed by atoms with Crippen molar-refractivity contribution >= 4 is 29.1 Å². The van der Waals surface area contributed by atoms with Crippen molar-refractivity contribution in [3.63, 3.8) is 0 Å². The van der Waals surface area contributed by atoms with Gasteiger partial charge in [-0.1, -0.05) is 35.9 Å². The van der Waals surface area contributed by atoms with Crippen LogP contribution in [-0.4, -0.2) is 24.5 Å². The van der Waals surface area contributed by atoms with Gasteiger partial charge in [0.2, 0.25) is 11.8 Å². The summed E-state index contributed by atoms with van der Waals surface area (Å²) >= 11 is 6.07. The summed E-state index contributed by atoms with van der Waals surface area (Å²) in [5, 5.41) is 3.42. The molecule has 3 rings (SSSR count). The van der Waals surface area contributed by atoms with E-state index in [9.17, 15) is 9.59 Å². The number of rotatable bonds is 5. The summed E-state index contributed by atoms with van der Waals surface area (Å²) in [6.07, 6.45) is 0.169. The minimum Gasteiger partial charge on any atom is -0.487 e. The molecule has 5 nitrogen and oxygen atoms in total. The lowest BCUT2D eigenvalue weighted by molar-refractivity contribution is -0.125. The molecule has 2 amide bonds. The van der Waals surface area contributed by atoms with E-state index in [-0.39, 0.29) is 30.8 Å². The Kier molecular flexibility index (Phi) is 6.01. The zero-order chi connectivity index (χ0) is 19.4. The predicted molar refractivity (Wildman–Crippen MR) is 106 cm³/mol. The third-order valence-corrected chi connectivity index (χ3v) is 4.82. The van der Waals surface area contributed by atoms with Crippen LogP contribution in [0.25, 0.3) is 0 Å². The molecule has 0 aliphatic carbocycles. The Morgan fingerprint density at radius 3 is 2.78 bits per heavy atom. The molecule has 1 N–H and O–H groups in total. The molecule has 1 unspecified atom stereocenters. The molecule has 6 heteroatoms. The average molecular weight is 387 g/mol. The van der Waals surface area contributed by atoms with Crippen LogP contribution in [0.15, 0.2) is 42.5 Å². The minimum absolute atomic E-state index is 0.111. The van der Waals surface area contributed by atoms with E-state index in [1.54, 1.807) is 23.1 Å². The van der Waals surface area contributed by atoms with Crippen LogP contribution in [0.1, 0.15) is 30.9 Å². The summed E-state index contributed by atoms with van der Waals surface area (Å²) in [6.45, 7) is 4.82. The van der Waals surface area contributed by atoms with Crippen LogP contribution in [0, 0.1) is 6.92 Å². The van der Waals surface area contributed by atoms with E-state index in [0.29, 0.717) is 29.5 Å². The van der Waals surface area contributed by atoms with Crippen molar-refractivity contribution in [1.82, 2.24) is 5.32 Å². The van der Waals surface area contributed by atoms with Crippen LogP contribution >= 0.6 is 11.6 Å². The molecule has 1 aliphatic heterocycles. The Hall–Kier alpha value is -2.53. The first kappa shape index (κ1) is 19.2. The predicted octanol–water partition coefficient (Wildman–Crippen LogP) is 3.86. The molecule has 142 valence electrons. The van der Waals surface area contributed by atoms with Crippen LogP contribution in [0.4, 0.5) is 5.69 Å². The molecule has 0 fully saturated rings. The number of anilines is 1. The van der Waals surface area contributed by atoms with Gasteiger partial charge < -0.3 is 15.0 Å². The zero-order valence-electron chi connectivity index (χ0n) is 15.5. The molecule has 2 aromatic carbocycles. The third kappa shape index (κ3) is 4.80. The van der Waals surface area contributed by atoms with Crippen molar-refractivity contribution in [2.75, 3.05) is 11.4 Å². The third-order valence-electron chi connectivity index (χ3n) is 4.58. The van der Waals surface area contributed by atoms with E-state index in [1.165, 1.54) is 0 Å². The second-order valence-corrected chi connectivity index (χ2v) is 7.18. The second-order valence-electron chi connectivity index (χ2n) is 6.75. The summed E-state index contributed by atoms with van der Waals surface area (Å²) in [4.78, 5) is 26.5. The van der Waals surface area contributed by atoms with Crippen LogP contribution in [0.2, 0.25) is 5.02 Å². The molecular weight excluding hydrogens is 364 g/mol. The summed E-state index contributed by atoms with van der Waals surface area (Å²) < 4.78 is 5.76. The number of amides is 2. The van der Waals surface area contributed by atoms with Gasteiger partial charge in [0.05, 0.1) is 12.2 Å². The van der Waals surface area contributed by atoms with Crippen molar-refractivity contribution in [2.24, 2.45) is 0 Å². The monoisotopic (exact) mass is 386 g/mol. The number of fused-ring (bicyclic) bond motifs is 1. The summed E-state index contributed by atoms with van der Waals surface area (Å²) in [5.74, 6) is 0.384. The van der Waals surface area contributed by atoms with E-state index < -0.39 is 0 Å². The number of hydrogen-bond donors (Lipinski definition) is 1. The summed E-state index contributed by atoms with van der Waals surface area (Å²) in [6, 6.07) is 13.1. The number of benzene rings is 2. The highest BCUT2D eigenvalue weighted by molar-refractivity contribution is 6.31. The normalized spacial score (nSPS) is 15.7. The van der Waals surface area contributed by atoms with Crippen LogP contribution in [-0.2, 0) is 16.1 Å². The largest absolute Gasteiger partial charge is 0.487 e. The number of aryl methyl sites for hydroxylation is 1. The lowest BCUT2D eigenvalue weighted by Gasteiger charge is -2.33. The molecule has 0 spiro atoms. The molecular formula is C21H23ClN2O3. The van der Waals surface area contributed by atoms with Crippen molar-refractivity contribution in [3.05, 3.63) is 58.6 Å². The van der Waals surface area contributed by atoms with Gasteiger partial charge in [-0.2, -0.15) is 0 Å². The Morgan fingerprint density at radius 2 is 2.00 bits per heavy atom. The molecule has 1 aliphatic rings. The molecule has 0 radical (unpaired) electrons. The fraction of sp³-hybridized carbons (Fsp3) is 0.333. The molecule has 0 bridgehead atoms. The Bertz CT molecular complexity index is 853. The van der Waals surface area contributed by atoms with Gasteiger partial charge in [0, 0.05) is 24.4 Å². The number of nitrogens with zero attached hydrogens (tertiary/aromatic N) is 1. The Labute approximate surface area is 164 Å². The van der Waals surface area contributed by atoms with Gasteiger partial charge in [-0.3, -0.25) is 9.59 Å². The van der Waals surface area contributed by atoms with Crippen LogP contribution in [0.3, 0.4) is 0 Å². The van der Waals surface area contributed by atoms with Crippen molar-refractivity contribution in [3.8, 4) is 5.75 Å². The number of carbonyl (C=O) groups excluding carboxylic acids is 2.